The Bertz CT molecular complexity index is 529. The highest BCUT2D eigenvalue weighted by atomic mass is 35.5. The third-order valence-electron chi connectivity index (χ3n) is 2.50. The third-order valence-corrected chi connectivity index (χ3v) is 2.79. The maximum atomic E-state index is 12.7. The quantitative estimate of drug-likeness (QED) is 0.858. The standard InChI is InChI=1S/C11H11ClF2N4/c1-17(9-2-3-15-6-8(9)12)7-10-16-4-5-18(10)11(13)14/h2-6,11H,7H2,1H3. The fourth-order valence-corrected chi connectivity index (χ4v) is 1.88. The second kappa shape index (κ2) is 5.30. The molecule has 0 amide bonds. The van der Waals surface area contributed by atoms with E-state index in [0.29, 0.717) is 5.02 Å². The summed E-state index contributed by atoms with van der Waals surface area (Å²) in [6.45, 7) is -2.36. The maximum absolute atomic E-state index is 12.7. The molecule has 0 saturated carbocycles. The maximum Gasteiger partial charge on any atom is 0.319 e. The zero-order valence-electron chi connectivity index (χ0n) is 9.59. The number of anilines is 1. The smallest absolute Gasteiger partial charge is 0.319 e. The number of hydrogen-bond donors (Lipinski definition) is 0. The van der Waals surface area contributed by atoms with Crippen molar-refractivity contribution in [2.45, 2.75) is 13.1 Å². The van der Waals surface area contributed by atoms with E-state index in [1.807, 2.05) is 0 Å². The zero-order valence-corrected chi connectivity index (χ0v) is 10.3. The van der Waals surface area contributed by atoms with E-state index in [4.69, 9.17) is 11.6 Å². The molecule has 0 unspecified atom stereocenters. The molecule has 2 aromatic rings. The van der Waals surface area contributed by atoms with Gasteiger partial charge in [0.15, 0.2) is 0 Å². The van der Waals surface area contributed by atoms with Crippen LogP contribution in [-0.4, -0.2) is 21.6 Å². The monoisotopic (exact) mass is 272 g/mol. The van der Waals surface area contributed by atoms with Gasteiger partial charge in [0.05, 0.1) is 17.3 Å². The van der Waals surface area contributed by atoms with E-state index >= 15 is 0 Å². The molecule has 2 aromatic heterocycles. The van der Waals surface area contributed by atoms with Gasteiger partial charge < -0.3 is 4.90 Å². The number of pyridine rings is 1. The van der Waals surface area contributed by atoms with Crippen molar-refractivity contribution in [3.63, 3.8) is 0 Å². The topological polar surface area (TPSA) is 34.0 Å². The van der Waals surface area contributed by atoms with E-state index in [1.54, 1.807) is 24.2 Å². The molecule has 0 aliphatic rings. The van der Waals surface area contributed by atoms with Crippen LogP contribution in [0.15, 0.2) is 30.9 Å². The number of imidazole rings is 1. The fourth-order valence-electron chi connectivity index (χ4n) is 1.62. The van der Waals surface area contributed by atoms with E-state index in [0.717, 1.165) is 10.3 Å². The van der Waals surface area contributed by atoms with Gasteiger partial charge in [-0.3, -0.25) is 9.55 Å². The molecule has 2 rings (SSSR count). The second-order valence-electron chi connectivity index (χ2n) is 3.71. The van der Waals surface area contributed by atoms with Crippen molar-refractivity contribution in [1.82, 2.24) is 14.5 Å². The molecule has 0 radical (unpaired) electrons. The Balaban J connectivity index is 2.19. The lowest BCUT2D eigenvalue weighted by Crippen LogP contribution is -2.20. The number of aromatic nitrogens is 3. The summed E-state index contributed by atoms with van der Waals surface area (Å²) in [6.07, 6.45) is 5.70. The van der Waals surface area contributed by atoms with Crippen LogP contribution < -0.4 is 4.90 Å². The normalized spacial score (nSPS) is 10.9. The highest BCUT2D eigenvalue weighted by Gasteiger charge is 2.14. The van der Waals surface area contributed by atoms with Crippen molar-refractivity contribution in [2.24, 2.45) is 0 Å². The first-order valence-corrected chi connectivity index (χ1v) is 5.58. The van der Waals surface area contributed by atoms with Crippen molar-refractivity contribution in [3.8, 4) is 0 Å². The first kappa shape index (κ1) is 12.8. The number of rotatable bonds is 4. The minimum atomic E-state index is -2.59. The van der Waals surface area contributed by atoms with Gasteiger partial charge in [-0.2, -0.15) is 8.78 Å². The Labute approximate surface area is 108 Å². The van der Waals surface area contributed by atoms with Crippen LogP contribution in [0.25, 0.3) is 0 Å². The molecule has 0 N–H and O–H groups in total. The average Bonchev–Trinajstić information content (AvgIpc) is 2.77. The highest BCUT2D eigenvalue weighted by Crippen LogP contribution is 2.24. The molecule has 2 heterocycles. The summed E-state index contributed by atoms with van der Waals surface area (Å²) in [4.78, 5) is 9.53. The van der Waals surface area contributed by atoms with Crippen LogP contribution in [0.2, 0.25) is 5.02 Å². The number of nitrogens with zero attached hydrogens (tertiary/aromatic N) is 4. The Kier molecular flexibility index (Phi) is 3.76. The molecule has 0 saturated heterocycles. The molecule has 0 fully saturated rings. The van der Waals surface area contributed by atoms with Crippen LogP contribution in [0.3, 0.4) is 0 Å². The zero-order chi connectivity index (χ0) is 13.1. The average molecular weight is 273 g/mol. The van der Waals surface area contributed by atoms with E-state index in [1.165, 1.54) is 18.6 Å². The van der Waals surface area contributed by atoms with Crippen LogP contribution in [0.1, 0.15) is 12.4 Å². The van der Waals surface area contributed by atoms with E-state index < -0.39 is 6.55 Å². The van der Waals surface area contributed by atoms with E-state index in [2.05, 4.69) is 9.97 Å². The summed E-state index contributed by atoms with van der Waals surface area (Å²) in [7, 11) is 1.76. The first-order valence-electron chi connectivity index (χ1n) is 5.20. The van der Waals surface area contributed by atoms with Gasteiger partial charge in [0, 0.05) is 31.8 Å². The van der Waals surface area contributed by atoms with Gasteiger partial charge >= 0.3 is 6.55 Å². The van der Waals surface area contributed by atoms with E-state index in [9.17, 15) is 8.78 Å². The fraction of sp³-hybridized carbons (Fsp3) is 0.273. The van der Waals surface area contributed by atoms with Gasteiger partial charge in [-0.05, 0) is 6.07 Å². The SMILES string of the molecule is CN(Cc1nccn1C(F)F)c1ccncc1Cl. The molecule has 0 aliphatic heterocycles. The molecule has 0 bridgehead atoms. The van der Waals surface area contributed by atoms with Crippen LogP contribution in [-0.2, 0) is 6.54 Å². The van der Waals surface area contributed by atoms with Gasteiger partial charge in [-0.15, -0.1) is 0 Å². The minimum absolute atomic E-state index is 0.237. The number of halogens is 3. The molecule has 18 heavy (non-hydrogen) atoms. The number of alkyl halides is 2. The lowest BCUT2D eigenvalue weighted by molar-refractivity contribution is 0.0670. The van der Waals surface area contributed by atoms with E-state index in [-0.39, 0.29) is 12.4 Å². The van der Waals surface area contributed by atoms with Crippen LogP contribution in [0, 0.1) is 0 Å². The molecule has 0 aromatic carbocycles. The van der Waals surface area contributed by atoms with Crippen molar-refractivity contribution < 1.29 is 8.78 Å². The predicted molar refractivity (Wildman–Crippen MR) is 64.8 cm³/mol. The molecule has 0 aliphatic carbocycles. The second-order valence-corrected chi connectivity index (χ2v) is 4.12. The van der Waals surface area contributed by atoms with Crippen molar-refractivity contribution in [3.05, 3.63) is 41.7 Å². The number of hydrogen-bond acceptors (Lipinski definition) is 3. The van der Waals surface area contributed by atoms with Crippen LogP contribution in [0.4, 0.5) is 14.5 Å². The van der Waals surface area contributed by atoms with Gasteiger partial charge in [-0.1, -0.05) is 11.6 Å². The summed E-state index contributed by atoms with van der Waals surface area (Å²) in [5.74, 6) is 0.278. The third kappa shape index (κ3) is 2.59. The molecule has 0 atom stereocenters. The lowest BCUT2D eigenvalue weighted by Gasteiger charge is -2.20. The van der Waals surface area contributed by atoms with Gasteiger partial charge in [0.25, 0.3) is 0 Å². The molecule has 96 valence electrons. The molecular formula is C11H11ClF2N4. The molecule has 4 nitrogen and oxygen atoms in total. The summed E-state index contributed by atoms with van der Waals surface area (Å²) < 4.78 is 26.1. The Morgan fingerprint density at radius 1 is 1.44 bits per heavy atom. The lowest BCUT2D eigenvalue weighted by atomic mass is 10.3. The Hall–Kier alpha value is -1.69. The van der Waals surface area contributed by atoms with Crippen LogP contribution in [0.5, 0.6) is 0 Å². The summed E-state index contributed by atoms with van der Waals surface area (Å²) in [6, 6.07) is 1.72. The van der Waals surface area contributed by atoms with Gasteiger partial charge in [-0.25, -0.2) is 4.98 Å². The van der Waals surface area contributed by atoms with Crippen molar-refractivity contribution in [2.75, 3.05) is 11.9 Å². The summed E-state index contributed by atoms with van der Waals surface area (Å²) in [5.41, 5.74) is 0.718. The minimum Gasteiger partial charge on any atom is -0.366 e. The largest absolute Gasteiger partial charge is 0.366 e. The van der Waals surface area contributed by atoms with Gasteiger partial charge in [0.1, 0.15) is 5.82 Å². The van der Waals surface area contributed by atoms with Crippen molar-refractivity contribution >= 4 is 17.3 Å². The molecular weight excluding hydrogens is 262 g/mol. The molecule has 7 heteroatoms. The van der Waals surface area contributed by atoms with Crippen LogP contribution >= 0.6 is 11.6 Å². The Morgan fingerprint density at radius 2 is 2.22 bits per heavy atom. The Morgan fingerprint density at radius 3 is 2.89 bits per heavy atom. The van der Waals surface area contributed by atoms with Crippen molar-refractivity contribution in [1.29, 1.82) is 0 Å². The molecule has 0 spiro atoms. The van der Waals surface area contributed by atoms with Gasteiger partial charge in [0.2, 0.25) is 0 Å². The summed E-state index contributed by atoms with van der Waals surface area (Å²) >= 11 is 5.98. The predicted octanol–water partition coefficient (Wildman–Crippen LogP) is 2.96. The summed E-state index contributed by atoms with van der Waals surface area (Å²) in [5, 5.41) is 0.468. The highest BCUT2D eigenvalue weighted by molar-refractivity contribution is 6.33. The first-order chi connectivity index (χ1) is 8.59.